The smallest absolute Gasteiger partial charge is 0.125 e. The third kappa shape index (κ3) is 3.66. The van der Waals surface area contributed by atoms with E-state index in [0.717, 1.165) is 27.4 Å². The van der Waals surface area contributed by atoms with Gasteiger partial charge in [-0.2, -0.15) is 0 Å². The zero-order chi connectivity index (χ0) is 15.4. The van der Waals surface area contributed by atoms with Crippen molar-refractivity contribution in [1.29, 1.82) is 0 Å². The third-order valence-corrected chi connectivity index (χ3v) is 3.68. The maximum absolute atomic E-state index is 13.2. The Morgan fingerprint density at radius 3 is 2.36 bits per heavy atom. The molecule has 0 spiro atoms. The average Bonchev–Trinajstić information content (AvgIpc) is 2.54. The van der Waals surface area contributed by atoms with Crippen LogP contribution in [0.2, 0.25) is 5.02 Å². The second kappa shape index (κ2) is 6.63. The lowest BCUT2D eigenvalue weighted by Gasteiger charge is -2.09. The molecular weight excluding hydrogens is 297 g/mol. The molecule has 3 heteroatoms. The van der Waals surface area contributed by atoms with Crippen LogP contribution in [0.4, 0.5) is 10.1 Å². The molecule has 1 N–H and O–H groups in total. The average molecular weight is 312 g/mol. The van der Waals surface area contributed by atoms with Crippen LogP contribution < -0.4 is 5.32 Å². The molecule has 0 amide bonds. The van der Waals surface area contributed by atoms with Gasteiger partial charge in [-0.15, -0.1) is 0 Å². The van der Waals surface area contributed by atoms with E-state index in [9.17, 15) is 4.39 Å². The minimum absolute atomic E-state index is 0.236. The molecule has 110 valence electrons. The SMILES string of the molecule is Fc1cccc(NCc2cccc(-c3ccc(Cl)cc3)c2)c1. The highest BCUT2D eigenvalue weighted by molar-refractivity contribution is 6.30. The van der Waals surface area contributed by atoms with Crippen LogP contribution in [0.3, 0.4) is 0 Å². The first-order valence-electron chi connectivity index (χ1n) is 7.05. The van der Waals surface area contributed by atoms with Gasteiger partial charge in [-0.3, -0.25) is 0 Å². The summed E-state index contributed by atoms with van der Waals surface area (Å²) in [5.74, 6) is -0.236. The summed E-state index contributed by atoms with van der Waals surface area (Å²) in [6.07, 6.45) is 0. The van der Waals surface area contributed by atoms with E-state index in [1.165, 1.54) is 12.1 Å². The number of nitrogens with one attached hydrogen (secondary N) is 1. The highest BCUT2D eigenvalue weighted by Crippen LogP contribution is 2.23. The van der Waals surface area contributed by atoms with Crippen LogP contribution in [0.1, 0.15) is 5.56 Å². The molecule has 3 aromatic carbocycles. The normalized spacial score (nSPS) is 10.5. The van der Waals surface area contributed by atoms with Crippen molar-refractivity contribution in [2.24, 2.45) is 0 Å². The summed E-state index contributed by atoms with van der Waals surface area (Å²) in [5.41, 5.74) is 4.17. The molecule has 0 atom stereocenters. The quantitative estimate of drug-likeness (QED) is 0.646. The number of hydrogen-bond acceptors (Lipinski definition) is 1. The van der Waals surface area contributed by atoms with Crippen molar-refractivity contribution in [3.05, 3.63) is 89.2 Å². The fraction of sp³-hybridized carbons (Fsp3) is 0.0526. The number of hydrogen-bond donors (Lipinski definition) is 1. The molecule has 0 radical (unpaired) electrons. The molecule has 0 aliphatic heterocycles. The second-order valence-corrected chi connectivity index (χ2v) is 5.51. The van der Waals surface area contributed by atoms with Gasteiger partial charge >= 0.3 is 0 Å². The van der Waals surface area contributed by atoms with E-state index in [2.05, 4.69) is 17.4 Å². The van der Waals surface area contributed by atoms with Gasteiger partial charge in [0.15, 0.2) is 0 Å². The van der Waals surface area contributed by atoms with Gasteiger partial charge in [-0.25, -0.2) is 4.39 Å². The van der Waals surface area contributed by atoms with Crippen LogP contribution in [-0.4, -0.2) is 0 Å². The van der Waals surface area contributed by atoms with E-state index in [0.29, 0.717) is 6.54 Å². The summed E-state index contributed by atoms with van der Waals surface area (Å²) in [7, 11) is 0. The van der Waals surface area contributed by atoms with Crippen LogP contribution in [0.25, 0.3) is 11.1 Å². The Hall–Kier alpha value is -2.32. The maximum Gasteiger partial charge on any atom is 0.125 e. The number of benzene rings is 3. The molecule has 0 aliphatic carbocycles. The summed E-state index contributed by atoms with van der Waals surface area (Å²) >= 11 is 5.92. The maximum atomic E-state index is 13.2. The molecular formula is C19H15ClFN. The fourth-order valence-electron chi connectivity index (χ4n) is 2.31. The van der Waals surface area contributed by atoms with E-state index in [4.69, 9.17) is 11.6 Å². The van der Waals surface area contributed by atoms with Crippen molar-refractivity contribution in [3.63, 3.8) is 0 Å². The Morgan fingerprint density at radius 1 is 0.818 bits per heavy atom. The van der Waals surface area contributed by atoms with Crippen molar-refractivity contribution in [3.8, 4) is 11.1 Å². The third-order valence-electron chi connectivity index (χ3n) is 3.43. The van der Waals surface area contributed by atoms with Gasteiger partial charge in [0.25, 0.3) is 0 Å². The lowest BCUT2D eigenvalue weighted by molar-refractivity contribution is 0.628. The predicted molar refractivity (Wildman–Crippen MR) is 90.6 cm³/mol. The Bertz CT molecular complexity index is 768. The van der Waals surface area contributed by atoms with E-state index in [-0.39, 0.29) is 5.82 Å². The molecule has 0 saturated carbocycles. The summed E-state index contributed by atoms with van der Waals surface area (Å²) in [5, 5.41) is 3.96. The number of halogens is 2. The first-order valence-corrected chi connectivity index (χ1v) is 7.43. The van der Waals surface area contributed by atoms with Gasteiger partial charge in [-0.05, 0) is 53.1 Å². The van der Waals surface area contributed by atoms with E-state index >= 15 is 0 Å². The number of rotatable bonds is 4. The standard InChI is InChI=1S/C19H15ClFN/c20-17-9-7-15(8-10-17)16-4-1-3-14(11-16)13-22-19-6-2-5-18(21)12-19/h1-12,22H,13H2. The van der Waals surface area contributed by atoms with Crippen molar-refractivity contribution in [1.82, 2.24) is 0 Å². The molecule has 0 fully saturated rings. The molecule has 3 rings (SSSR count). The highest BCUT2D eigenvalue weighted by Gasteiger charge is 2.00. The van der Waals surface area contributed by atoms with Crippen LogP contribution in [0.15, 0.2) is 72.8 Å². The first kappa shape index (κ1) is 14.6. The predicted octanol–water partition coefficient (Wildman–Crippen LogP) is 5.76. The largest absolute Gasteiger partial charge is 0.381 e. The highest BCUT2D eigenvalue weighted by atomic mass is 35.5. The van der Waals surface area contributed by atoms with Gasteiger partial charge < -0.3 is 5.32 Å². The molecule has 0 unspecified atom stereocenters. The van der Waals surface area contributed by atoms with Crippen molar-refractivity contribution >= 4 is 17.3 Å². The fourth-order valence-corrected chi connectivity index (χ4v) is 2.43. The van der Waals surface area contributed by atoms with Crippen molar-refractivity contribution in [2.45, 2.75) is 6.54 Å². The van der Waals surface area contributed by atoms with Gasteiger partial charge in [0.1, 0.15) is 5.82 Å². The first-order chi connectivity index (χ1) is 10.7. The minimum atomic E-state index is -0.236. The van der Waals surface area contributed by atoms with Gasteiger partial charge in [0, 0.05) is 17.3 Å². The van der Waals surface area contributed by atoms with Crippen molar-refractivity contribution < 1.29 is 4.39 Å². The van der Waals surface area contributed by atoms with Gasteiger partial charge in [-0.1, -0.05) is 48.0 Å². The molecule has 22 heavy (non-hydrogen) atoms. The van der Waals surface area contributed by atoms with Crippen LogP contribution in [0.5, 0.6) is 0 Å². The van der Waals surface area contributed by atoms with Crippen LogP contribution in [0, 0.1) is 5.82 Å². The summed E-state index contributed by atoms with van der Waals surface area (Å²) in [4.78, 5) is 0. The molecule has 0 bridgehead atoms. The van der Waals surface area contributed by atoms with E-state index in [1.54, 1.807) is 6.07 Å². The van der Waals surface area contributed by atoms with Gasteiger partial charge in [0.2, 0.25) is 0 Å². The lowest BCUT2D eigenvalue weighted by atomic mass is 10.0. The lowest BCUT2D eigenvalue weighted by Crippen LogP contribution is -1.99. The Morgan fingerprint density at radius 2 is 1.59 bits per heavy atom. The summed E-state index contributed by atoms with van der Waals surface area (Å²) in [6.45, 7) is 0.644. The second-order valence-electron chi connectivity index (χ2n) is 5.07. The zero-order valence-corrected chi connectivity index (χ0v) is 12.6. The van der Waals surface area contributed by atoms with Crippen molar-refractivity contribution in [2.75, 3.05) is 5.32 Å². The number of anilines is 1. The zero-order valence-electron chi connectivity index (χ0n) is 11.9. The molecule has 3 aromatic rings. The minimum Gasteiger partial charge on any atom is -0.381 e. The van der Waals surface area contributed by atoms with Crippen LogP contribution >= 0.6 is 11.6 Å². The Balaban J connectivity index is 1.75. The molecule has 0 saturated heterocycles. The molecule has 1 nitrogen and oxygen atoms in total. The molecule has 0 heterocycles. The topological polar surface area (TPSA) is 12.0 Å². The Kier molecular flexibility index (Phi) is 4.40. The monoisotopic (exact) mass is 311 g/mol. The van der Waals surface area contributed by atoms with E-state index in [1.807, 2.05) is 42.5 Å². The molecule has 0 aromatic heterocycles. The van der Waals surface area contributed by atoms with Gasteiger partial charge in [0.05, 0.1) is 0 Å². The Labute approximate surface area is 134 Å². The summed E-state index contributed by atoms with van der Waals surface area (Å²) in [6, 6.07) is 22.5. The van der Waals surface area contributed by atoms with E-state index < -0.39 is 0 Å². The molecule has 0 aliphatic rings. The summed E-state index contributed by atoms with van der Waals surface area (Å²) < 4.78 is 13.2. The van der Waals surface area contributed by atoms with Crippen LogP contribution in [-0.2, 0) is 6.54 Å².